The van der Waals surface area contributed by atoms with Crippen molar-refractivity contribution in [3.63, 3.8) is 0 Å². The van der Waals surface area contributed by atoms with E-state index >= 15 is 0 Å². The fourth-order valence-electron chi connectivity index (χ4n) is 1.86. The first-order valence-electron chi connectivity index (χ1n) is 5.14. The molecule has 1 rings (SSSR count). The molecule has 0 spiro atoms. The number of ketones is 1. The topological polar surface area (TPSA) is 75.0 Å². The minimum atomic E-state index is -3.03. The molecule has 0 radical (unpaired) electrons. The van der Waals surface area contributed by atoms with Crippen molar-refractivity contribution in [2.75, 3.05) is 11.5 Å². The average molecular weight is 229 g/mol. The molecule has 0 N–H and O–H groups in total. The van der Waals surface area contributed by atoms with Crippen molar-refractivity contribution in [3.8, 4) is 6.07 Å². The maximum atomic E-state index is 11.8. The van der Waals surface area contributed by atoms with Crippen LogP contribution < -0.4 is 0 Å². The van der Waals surface area contributed by atoms with Crippen molar-refractivity contribution in [3.05, 3.63) is 0 Å². The van der Waals surface area contributed by atoms with Crippen molar-refractivity contribution in [1.29, 1.82) is 5.26 Å². The van der Waals surface area contributed by atoms with Crippen molar-refractivity contribution < 1.29 is 13.2 Å². The molecule has 2 atom stereocenters. The van der Waals surface area contributed by atoms with Crippen LogP contribution >= 0.6 is 0 Å². The third-order valence-electron chi connectivity index (χ3n) is 2.71. The van der Waals surface area contributed by atoms with Gasteiger partial charge in [-0.15, -0.1) is 0 Å². The Labute approximate surface area is 90.2 Å². The number of rotatable bonds is 4. The summed E-state index contributed by atoms with van der Waals surface area (Å²) in [6.07, 6.45) is 1.69. The lowest BCUT2D eigenvalue weighted by Crippen LogP contribution is -2.23. The Morgan fingerprint density at radius 3 is 2.67 bits per heavy atom. The molecular formula is C10H15NO3S. The van der Waals surface area contributed by atoms with E-state index in [2.05, 4.69) is 0 Å². The second-order valence-corrected chi connectivity index (χ2v) is 6.20. The summed E-state index contributed by atoms with van der Waals surface area (Å²) < 4.78 is 22.4. The first-order chi connectivity index (χ1) is 7.00. The van der Waals surface area contributed by atoms with Gasteiger partial charge in [0.05, 0.1) is 17.6 Å². The molecule has 84 valence electrons. The van der Waals surface area contributed by atoms with Crippen molar-refractivity contribution >= 4 is 15.6 Å². The lowest BCUT2D eigenvalue weighted by molar-refractivity contribution is -0.124. The van der Waals surface area contributed by atoms with E-state index in [1.54, 1.807) is 0 Å². The lowest BCUT2D eigenvalue weighted by atomic mass is 9.90. The zero-order chi connectivity index (χ0) is 11.5. The normalized spacial score (nSPS) is 25.7. The molecule has 0 aromatic carbocycles. The highest BCUT2D eigenvalue weighted by molar-refractivity contribution is 7.91. The summed E-state index contributed by atoms with van der Waals surface area (Å²) in [5.41, 5.74) is 0. The molecule has 2 unspecified atom stereocenters. The standard InChI is InChI=1S/C10H15NO3S/c1-2-3-8(6-11)10(12)9-4-5-15(13,14)7-9/h8-9H,2-5,7H2,1H3. The number of carbonyl (C=O) groups excluding carboxylic acids is 1. The summed E-state index contributed by atoms with van der Waals surface area (Å²) in [7, 11) is -3.03. The molecule has 1 aliphatic rings. The van der Waals surface area contributed by atoms with E-state index in [-0.39, 0.29) is 17.3 Å². The minimum Gasteiger partial charge on any atom is -0.298 e. The second kappa shape index (κ2) is 4.75. The summed E-state index contributed by atoms with van der Waals surface area (Å²) >= 11 is 0. The third kappa shape index (κ3) is 3.03. The predicted octanol–water partition coefficient (Wildman–Crippen LogP) is 0.930. The van der Waals surface area contributed by atoms with Gasteiger partial charge in [-0.25, -0.2) is 8.42 Å². The molecule has 0 bridgehead atoms. The number of carbonyl (C=O) groups is 1. The van der Waals surface area contributed by atoms with Crippen LogP contribution in [0.4, 0.5) is 0 Å². The van der Waals surface area contributed by atoms with Gasteiger partial charge in [0.1, 0.15) is 5.92 Å². The number of hydrogen-bond acceptors (Lipinski definition) is 4. The first kappa shape index (κ1) is 12.2. The van der Waals surface area contributed by atoms with E-state index in [0.717, 1.165) is 6.42 Å². The van der Waals surface area contributed by atoms with E-state index < -0.39 is 21.7 Å². The van der Waals surface area contributed by atoms with Gasteiger partial charge in [-0.2, -0.15) is 5.26 Å². The molecule has 0 aliphatic carbocycles. The van der Waals surface area contributed by atoms with Crippen LogP contribution in [0.3, 0.4) is 0 Å². The van der Waals surface area contributed by atoms with Crippen LogP contribution in [0, 0.1) is 23.2 Å². The number of sulfone groups is 1. The van der Waals surface area contributed by atoms with Crippen LogP contribution in [0.2, 0.25) is 0 Å². The molecule has 5 heteroatoms. The molecule has 1 heterocycles. The van der Waals surface area contributed by atoms with Crippen LogP contribution in [0.1, 0.15) is 26.2 Å². The quantitative estimate of drug-likeness (QED) is 0.718. The van der Waals surface area contributed by atoms with E-state index in [9.17, 15) is 13.2 Å². The van der Waals surface area contributed by atoms with Gasteiger partial charge in [0.15, 0.2) is 15.6 Å². The summed E-state index contributed by atoms with van der Waals surface area (Å²) in [4.78, 5) is 11.8. The Hall–Kier alpha value is -0.890. The van der Waals surface area contributed by atoms with E-state index in [4.69, 9.17) is 5.26 Å². The Balaban J connectivity index is 2.66. The van der Waals surface area contributed by atoms with Crippen molar-refractivity contribution in [1.82, 2.24) is 0 Å². The monoisotopic (exact) mass is 229 g/mol. The van der Waals surface area contributed by atoms with Crippen LogP contribution in [0.15, 0.2) is 0 Å². The fourth-order valence-corrected chi connectivity index (χ4v) is 3.62. The zero-order valence-corrected chi connectivity index (χ0v) is 9.59. The molecule has 1 aliphatic heterocycles. The molecule has 0 saturated carbocycles. The van der Waals surface area contributed by atoms with Crippen LogP contribution in [0.5, 0.6) is 0 Å². The van der Waals surface area contributed by atoms with Gasteiger partial charge in [-0.3, -0.25) is 4.79 Å². The maximum absolute atomic E-state index is 11.8. The Bertz CT molecular complexity index is 380. The number of Topliss-reactive ketones (excluding diaryl/α,β-unsaturated/α-hetero) is 1. The molecule has 0 amide bonds. The lowest BCUT2D eigenvalue weighted by Gasteiger charge is -2.10. The summed E-state index contributed by atoms with van der Waals surface area (Å²) in [6.45, 7) is 1.91. The van der Waals surface area contributed by atoms with Gasteiger partial charge >= 0.3 is 0 Å². The fraction of sp³-hybridized carbons (Fsp3) is 0.800. The first-order valence-corrected chi connectivity index (χ1v) is 6.96. The molecule has 4 nitrogen and oxygen atoms in total. The number of hydrogen-bond donors (Lipinski definition) is 0. The molecule has 0 aromatic rings. The van der Waals surface area contributed by atoms with Crippen LogP contribution in [-0.2, 0) is 14.6 Å². The summed E-state index contributed by atoms with van der Waals surface area (Å²) in [5.74, 6) is -1.21. The Kier molecular flexibility index (Phi) is 3.86. The van der Waals surface area contributed by atoms with E-state index in [1.165, 1.54) is 0 Å². The van der Waals surface area contributed by atoms with Gasteiger partial charge in [-0.1, -0.05) is 13.3 Å². The predicted molar refractivity (Wildman–Crippen MR) is 55.8 cm³/mol. The highest BCUT2D eigenvalue weighted by Crippen LogP contribution is 2.23. The SMILES string of the molecule is CCCC(C#N)C(=O)C1CCS(=O)(=O)C1. The average Bonchev–Trinajstić information content (AvgIpc) is 2.54. The van der Waals surface area contributed by atoms with E-state index in [1.807, 2.05) is 13.0 Å². The highest BCUT2D eigenvalue weighted by atomic mass is 32.2. The maximum Gasteiger partial charge on any atom is 0.154 e. The Morgan fingerprint density at radius 1 is 1.60 bits per heavy atom. The van der Waals surface area contributed by atoms with Gasteiger partial charge in [0.2, 0.25) is 0 Å². The van der Waals surface area contributed by atoms with Crippen LogP contribution in [0.25, 0.3) is 0 Å². The number of nitriles is 1. The minimum absolute atomic E-state index is 0.0618. The van der Waals surface area contributed by atoms with Gasteiger partial charge < -0.3 is 0 Å². The second-order valence-electron chi connectivity index (χ2n) is 3.97. The molecule has 0 aromatic heterocycles. The van der Waals surface area contributed by atoms with Gasteiger partial charge in [0, 0.05) is 5.92 Å². The number of nitrogens with zero attached hydrogens (tertiary/aromatic N) is 1. The summed E-state index contributed by atoms with van der Waals surface area (Å²) in [6, 6.07) is 1.96. The van der Waals surface area contributed by atoms with E-state index in [0.29, 0.717) is 12.8 Å². The summed E-state index contributed by atoms with van der Waals surface area (Å²) in [5, 5.41) is 8.80. The largest absolute Gasteiger partial charge is 0.298 e. The van der Waals surface area contributed by atoms with Gasteiger partial charge in [0.25, 0.3) is 0 Å². The van der Waals surface area contributed by atoms with Gasteiger partial charge in [-0.05, 0) is 12.8 Å². The Morgan fingerprint density at radius 2 is 2.27 bits per heavy atom. The molecule has 1 saturated heterocycles. The molecule has 1 fully saturated rings. The zero-order valence-electron chi connectivity index (χ0n) is 8.77. The molecule has 15 heavy (non-hydrogen) atoms. The smallest absolute Gasteiger partial charge is 0.154 e. The highest BCUT2D eigenvalue weighted by Gasteiger charge is 2.35. The third-order valence-corrected chi connectivity index (χ3v) is 4.48. The van der Waals surface area contributed by atoms with Crippen molar-refractivity contribution in [2.24, 2.45) is 11.8 Å². The molecular weight excluding hydrogens is 214 g/mol. The van der Waals surface area contributed by atoms with Crippen molar-refractivity contribution in [2.45, 2.75) is 26.2 Å². The van der Waals surface area contributed by atoms with Crippen LogP contribution in [-0.4, -0.2) is 25.7 Å².